The Morgan fingerprint density at radius 3 is 2.33 bits per heavy atom. The lowest BCUT2D eigenvalue weighted by Crippen LogP contribution is -2.62. The van der Waals surface area contributed by atoms with Crippen LogP contribution in [0.1, 0.15) is 27.7 Å². The molecule has 18 heavy (non-hydrogen) atoms. The third kappa shape index (κ3) is 4.04. The highest BCUT2D eigenvalue weighted by molar-refractivity contribution is 5.68. The highest BCUT2D eigenvalue weighted by atomic mass is 19.4. The first-order chi connectivity index (χ1) is 8.00. The zero-order valence-corrected chi connectivity index (χ0v) is 11.0. The van der Waals surface area contributed by atoms with Crippen molar-refractivity contribution in [3.63, 3.8) is 0 Å². The van der Waals surface area contributed by atoms with Gasteiger partial charge in [-0.2, -0.15) is 13.2 Å². The summed E-state index contributed by atoms with van der Waals surface area (Å²) in [5.74, 6) is 0. The van der Waals surface area contributed by atoms with Crippen molar-refractivity contribution in [1.82, 2.24) is 10.2 Å². The second kappa shape index (κ2) is 4.95. The number of alkyl halides is 3. The smallest absolute Gasteiger partial charge is 0.410 e. The molecule has 0 radical (unpaired) electrons. The van der Waals surface area contributed by atoms with Crippen molar-refractivity contribution in [2.45, 2.75) is 51.6 Å². The quantitative estimate of drug-likeness (QED) is 0.732. The van der Waals surface area contributed by atoms with Crippen molar-refractivity contribution in [3.05, 3.63) is 0 Å². The van der Waals surface area contributed by atoms with E-state index in [0.717, 1.165) is 4.90 Å². The van der Waals surface area contributed by atoms with Crippen LogP contribution in [-0.4, -0.2) is 47.9 Å². The maximum Gasteiger partial charge on any atom is 0.410 e. The standard InChI is InChI=1S/C11H19F3N2O2/c1-7-5-15-8(11(12,13)14)6-16(7)9(17)18-10(2,3)4/h7-8,15H,5-6H2,1-4H3/t7-,8-/m0/s1. The number of halogens is 3. The molecule has 4 nitrogen and oxygen atoms in total. The lowest BCUT2D eigenvalue weighted by molar-refractivity contribution is -0.166. The second-order valence-corrected chi connectivity index (χ2v) is 5.48. The molecule has 7 heteroatoms. The summed E-state index contributed by atoms with van der Waals surface area (Å²) in [5.41, 5.74) is -0.713. The highest BCUT2D eigenvalue weighted by Gasteiger charge is 2.45. The summed E-state index contributed by atoms with van der Waals surface area (Å²) in [4.78, 5) is 12.9. The van der Waals surface area contributed by atoms with E-state index in [4.69, 9.17) is 4.74 Å². The van der Waals surface area contributed by atoms with Gasteiger partial charge in [-0.1, -0.05) is 0 Å². The minimum atomic E-state index is -4.36. The van der Waals surface area contributed by atoms with Gasteiger partial charge < -0.3 is 15.0 Å². The molecule has 0 aromatic heterocycles. The zero-order chi connectivity index (χ0) is 14.1. The van der Waals surface area contributed by atoms with Gasteiger partial charge in [-0.05, 0) is 27.7 Å². The van der Waals surface area contributed by atoms with Crippen LogP contribution in [0.4, 0.5) is 18.0 Å². The van der Waals surface area contributed by atoms with Crippen LogP contribution in [0, 0.1) is 0 Å². The number of nitrogens with one attached hydrogen (secondary N) is 1. The van der Waals surface area contributed by atoms with Crippen molar-refractivity contribution in [2.24, 2.45) is 0 Å². The molecule has 1 saturated heterocycles. The normalized spacial score (nSPS) is 26.1. The summed E-state index contributed by atoms with van der Waals surface area (Å²) in [6.45, 7) is 6.41. The summed E-state index contributed by atoms with van der Waals surface area (Å²) in [6.07, 6.45) is -5.06. The van der Waals surface area contributed by atoms with E-state index in [0.29, 0.717) is 0 Å². The summed E-state index contributed by atoms with van der Waals surface area (Å²) < 4.78 is 42.9. The monoisotopic (exact) mass is 268 g/mol. The van der Waals surface area contributed by atoms with Crippen molar-refractivity contribution in [3.8, 4) is 0 Å². The van der Waals surface area contributed by atoms with Gasteiger partial charge in [0, 0.05) is 19.1 Å². The molecule has 1 fully saturated rings. The predicted molar refractivity (Wildman–Crippen MR) is 60.2 cm³/mol. The molecule has 106 valence electrons. The largest absolute Gasteiger partial charge is 0.444 e. The van der Waals surface area contributed by atoms with E-state index >= 15 is 0 Å². The molecule has 0 aliphatic carbocycles. The summed E-state index contributed by atoms with van der Waals surface area (Å²) in [5, 5.41) is 2.38. The third-order valence-corrected chi connectivity index (χ3v) is 2.59. The van der Waals surface area contributed by atoms with E-state index in [1.54, 1.807) is 27.7 Å². The Balaban J connectivity index is 2.71. The zero-order valence-electron chi connectivity index (χ0n) is 11.0. The SMILES string of the molecule is C[C@H]1CN[C@H](C(F)(F)F)CN1C(=O)OC(C)(C)C. The average molecular weight is 268 g/mol. The van der Waals surface area contributed by atoms with Gasteiger partial charge in [0.15, 0.2) is 0 Å². The Bertz CT molecular complexity index is 312. The Labute approximate surface area is 104 Å². The Morgan fingerprint density at radius 1 is 1.33 bits per heavy atom. The molecule has 1 N–H and O–H groups in total. The molecular formula is C11H19F3N2O2. The van der Waals surface area contributed by atoms with E-state index in [1.165, 1.54) is 0 Å². The molecule has 0 aromatic rings. The van der Waals surface area contributed by atoms with E-state index in [2.05, 4.69) is 5.32 Å². The summed E-state index contributed by atoms with van der Waals surface area (Å²) in [6, 6.07) is -2.01. The van der Waals surface area contributed by atoms with Crippen LogP contribution in [0.3, 0.4) is 0 Å². The van der Waals surface area contributed by atoms with Gasteiger partial charge in [0.05, 0.1) is 0 Å². The number of hydrogen-bond acceptors (Lipinski definition) is 3. The fourth-order valence-electron chi connectivity index (χ4n) is 1.66. The molecule has 0 spiro atoms. The molecule has 1 aliphatic rings. The lowest BCUT2D eigenvalue weighted by Gasteiger charge is -2.39. The molecule has 1 amide bonds. The Kier molecular flexibility index (Phi) is 4.15. The minimum Gasteiger partial charge on any atom is -0.444 e. The second-order valence-electron chi connectivity index (χ2n) is 5.48. The van der Waals surface area contributed by atoms with Crippen LogP contribution >= 0.6 is 0 Å². The van der Waals surface area contributed by atoms with Crippen LogP contribution in [0.2, 0.25) is 0 Å². The topological polar surface area (TPSA) is 41.6 Å². The highest BCUT2D eigenvalue weighted by Crippen LogP contribution is 2.24. The fraction of sp³-hybridized carbons (Fsp3) is 0.909. The van der Waals surface area contributed by atoms with Crippen molar-refractivity contribution < 1.29 is 22.7 Å². The number of rotatable bonds is 0. The first kappa shape index (κ1) is 15.1. The number of nitrogens with zero attached hydrogens (tertiary/aromatic N) is 1. The van der Waals surface area contributed by atoms with Gasteiger partial charge in [0.2, 0.25) is 0 Å². The van der Waals surface area contributed by atoms with Gasteiger partial charge in [0.25, 0.3) is 0 Å². The van der Waals surface area contributed by atoms with Gasteiger partial charge in [-0.25, -0.2) is 4.79 Å². The third-order valence-electron chi connectivity index (χ3n) is 2.59. The van der Waals surface area contributed by atoms with Gasteiger partial charge in [-0.15, -0.1) is 0 Å². The predicted octanol–water partition coefficient (Wildman–Crippen LogP) is 2.15. The van der Waals surface area contributed by atoms with E-state index in [9.17, 15) is 18.0 Å². The molecule has 1 heterocycles. The summed E-state index contributed by atoms with van der Waals surface area (Å²) in [7, 11) is 0. The van der Waals surface area contributed by atoms with E-state index in [1.807, 2.05) is 0 Å². The molecule has 2 atom stereocenters. The number of piperazine rings is 1. The first-order valence-corrected chi connectivity index (χ1v) is 5.80. The van der Waals surface area contributed by atoms with Crippen LogP contribution in [0.5, 0.6) is 0 Å². The molecule has 0 bridgehead atoms. The van der Waals surface area contributed by atoms with Crippen molar-refractivity contribution >= 4 is 6.09 Å². The molecule has 0 unspecified atom stereocenters. The van der Waals surface area contributed by atoms with Gasteiger partial charge >= 0.3 is 12.3 Å². The Morgan fingerprint density at radius 2 is 1.89 bits per heavy atom. The molecule has 1 aliphatic heterocycles. The van der Waals surface area contributed by atoms with Crippen molar-refractivity contribution in [2.75, 3.05) is 13.1 Å². The van der Waals surface area contributed by atoms with Crippen molar-refractivity contribution in [1.29, 1.82) is 0 Å². The Hall–Kier alpha value is -0.980. The van der Waals surface area contributed by atoms with Crippen LogP contribution < -0.4 is 5.32 Å². The van der Waals surface area contributed by atoms with Crippen LogP contribution in [0.25, 0.3) is 0 Å². The first-order valence-electron chi connectivity index (χ1n) is 5.80. The molecule has 0 aromatic carbocycles. The number of ether oxygens (including phenoxy) is 1. The average Bonchev–Trinajstić information content (AvgIpc) is 2.13. The van der Waals surface area contributed by atoms with Gasteiger partial charge in [-0.3, -0.25) is 0 Å². The number of carbonyl (C=O) groups is 1. The van der Waals surface area contributed by atoms with E-state index in [-0.39, 0.29) is 12.6 Å². The minimum absolute atomic E-state index is 0.101. The number of hydrogen-bond donors (Lipinski definition) is 1. The maximum atomic E-state index is 12.6. The maximum absolute atomic E-state index is 12.6. The lowest BCUT2D eigenvalue weighted by atomic mass is 10.1. The van der Waals surface area contributed by atoms with Crippen LogP contribution in [-0.2, 0) is 4.74 Å². The fourth-order valence-corrected chi connectivity index (χ4v) is 1.66. The number of carbonyl (C=O) groups excluding carboxylic acids is 1. The molecule has 0 saturated carbocycles. The van der Waals surface area contributed by atoms with Crippen LogP contribution in [0.15, 0.2) is 0 Å². The summed E-state index contributed by atoms with van der Waals surface area (Å²) >= 11 is 0. The van der Waals surface area contributed by atoms with E-state index < -0.39 is 30.5 Å². The molecule has 1 rings (SSSR count). The molecular weight excluding hydrogens is 249 g/mol. The number of amides is 1. The van der Waals surface area contributed by atoms with Gasteiger partial charge in [0.1, 0.15) is 11.6 Å².